The zero-order valence-corrected chi connectivity index (χ0v) is 14.2. The van der Waals surface area contributed by atoms with Gasteiger partial charge in [0.15, 0.2) is 0 Å². The van der Waals surface area contributed by atoms with Crippen LogP contribution in [0.5, 0.6) is 0 Å². The number of rotatable bonds is 6. The molecule has 128 valence electrons. The van der Waals surface area contributed by atoms with Gasteiger partial charge in [0.1, 0.15) is 0 Å². The molecule has 0 aliphatic carbocycles. The molecule has 3 aromatic rings. The Balaban J connectivity index is 1.86. The topological polar surface area (TPSA) is 58.4 Å². The van der Waals surface area contributed by atoms with Crippen LogP contribution in [0.2, 0.25) is 0 Å². The van der Waals surface area contributed by atoms with Crippen molar-refractivity contribution in [1.29, 1.82) is 0 Å². The fourth-order valence-electron chi connectivity index (χ4n) is 2.80. The molecule has 2 aromatic carbocycles. The third-order valence-electron chi connectivity index (χ3n) is 4.11. The molecular weight excluding hydrogens is 314 g/mol. The number of aliphatic hydroxyl groups excluding tert-OH is 1. The molecular formula is C20H21N3O2. The number of benzene rings is 2. The maximum absolute atomic E-state index is 13.0. The Bertz CT molecular complexity index is 829. The van der Waals surface area contributed by atoms with Crippen LogP contribution in [0.1, 0.15) is 21.6 Å². The molecule has 1 aromatic heterocycles. The van der Waals surface area contributed by atoms with Crippen LogP contribution >= 0.6 is 0 Å². The fourth-order valence-corrected chi connectivity index (χ4v) is 2.80. The Labute approximate surface area is 147 Å². The van der Waals surface area contributed by atoms with Crippen LogP contribution in [0, 0.1) is 6.92 Å². The van der Waals surface area contributed by atoms with Crippen LogP contribution in [0.3, 0.4) is 0 Å². The van der Waals surface area contributed by atoms with Gasteiger partial charge in [-0.2, -0.15) is 5.10 Å². The lowest BCUT2D eigenvalue weighted by molar-refractivity contribution is 0.0707. The molecule has 25 heavy (non-hydrogen) atoms. The molecule has 0 unspecified atom stereocenters. The smallest absolute Gasteiger partial charge is 0.257 e. The molecule has 0 saturated heterocycles. The molecule has 0 atom stereocenters. The van der Waals surface area contributed by atoms with Gasteiger partial charge >= 0.3 is 0 Å². The molecule has 5 heteroatoms. The maximum Gasteiger partial charge on any atom is 0.257 e. The summed E-state index contributed by atoms with van der Waals surface area (Å²) in [6.45, 7) is 2.54. The van der Waals surface area contributed by atoms with Crippen LogP contribution in [0.4, 0.5) is 0 Å². The van der Waals surface area contributed by atoms with E-state index in [2.05, 4.69) is 5.10 Å². The van der Waals surface area contributed by atoms with E-state index in [0.29, 0.717) is 12.1 Å². The highest BCUT2D eigenvalue weighted by Gasteiger charge is 2.21. The van der Waals surface area contributed by atoms with Gasteiger partial charge in [0, 0.05) is 13.1 Å². The number of aliphatic hydroxyl groups is 1. The van der Waals surface area contributed by atoms with Crippen molar-refractivity contribution in [1.82, 2.24) is 14.7 Å². The van der Waals surface area contributed by atoms with Crippen molar-refractivity contribution in [3.05, 3.63) is 83.7 Å². The van der Waals surface area contributed by atoms with Crippen LogP contribution in [-0.4, -0.2) is 38.8 Å². The minimum absolute atomic E-state index is 0.0789. The van der Waals surface area contributed by atoms with Gasteiger partial charge in [-0.15, -0.1) is 0 Å². The van der Waals surface area contributed by atoms with Crippen LogP contribution in [-0.2, 0) is 6.54 Å². The number of amides is 1. The maximum atomic E-state index is 13.0. The van der Waals surface area contributed by atoms with E-state index in [-0.39, 0.29) is 19.1 Å². The van der Waals surface area contributed by atoms with Crippen molar-refractivity contribution < 1.29 is 9.90 Å². The SMILES string of the molecule is Cc1c(C(=O)N(CCO)Cc2ccccc2)cnn1-c1ccccc1. The fraction of sp³-hybridized carbons (Fsp3) is 0.200. The zero-order valence-electron chi connectivity index (χ0n) is 14.2. The molecule has 1 heterocycles. The number of nitrogens with zero attached hydrogens (tertiary/aromatic N) is 3. The predicted octanol–water partition coefficient (Wildman–Crippen LogP) is 2.82. The molecule has 0 bridgehead atoms. The minimum Gasteiger partial charge on any atom is -0.395 e. The highest BCUT2D eigenvalue weighted by molar-refractivity contribution is 5.95. The second kappa shape index (κ2) is 7.77. The van der Waals surface area contributed by atoms with Gasteiger partial charge in [0.05, 0.1) is 29.7 Å². The van der Waals surface area contributed by atoms with E-state index in [9.17, 15) is 9.90 Å². The van der Waals surface area contributed by atoms with E-state index in [1.165, 1.54) is 0 Å². The van der Waals surface area contributed by atoms with E-state index in [4.69, 9.17) is 0 Å². The molecule has 0 aliphatic heterocycles. The van der Waals surface area contributed by atoms with Gasteiger partial charge in [-0.25, -0.2) is 4.68 Å². The monoisotopic (exact) mass is 335 g/mol. The second-order valence-corrected chi connectivity index (χ2v) is 5.83. The summed E-state index contributed by atoms with van der Waals surface area (Å²) in [5, 5.41) is 13.7. The van der Waals surface area contributed by atoms with Crippen molar-refractivity contribution in [2.24, 2.45) is 0 Å². The number of carbonyl (C=O) groups excluding carboxylic acids is 1. The van der Waals surface area contributed by atoms with E-state index >= 15 is 0 Å². The number of hydrogen-bond acceptors (Lipinski definition) is 3. The summed E-state index contributed by atoms with van der Waals surface area (Å²) in [7, 11) is 0. The third kappa shape index (κ3) is 3.78. The highest BCUT2D eigenvalue weighted by atomic mass is 16.3. The third-order valence-corrected chi connectivity index (χ3v) is 4.11. The van der Waals surface area contributed by atoms with Gasteiger partial charge in [-0.3, -0.25) is 4.79 Å². The first-order valence-electron chi connectivity index (χ1n) is 8.25. The summed E-state index contributed by atoms with van der Waals surface area (Å²) in [6.07, 6.45) is 1.60. The summed E-state index contributed by atoms with van der Waals surface area (Å²) in [5.74, 6) is -0.127. The van der Waals surface area contributed by atoms with Gasteiger partial charge in [0.25, 0.3) is 5.91 Å². The molecule has 5 nitrogen and oxygen atoms in total. The molecule has 1 amide bonds. The summed E-state index contributed by atoms with van der Waals surface area (Å²) in [6, 6.07) is 19.5. The van der Waals surface area contributed by atoms with Crippen molar-refractivity contribution in [2.75, 3.05) is 13.2 Å². The van der Waals surface area contributed by atoms with Crippen LogP contribution in [0.25, 0.3) is 5.69 Å². The van der Waals surface area contributed by atoms with E-state index in [0.717, 1.165) is 16.9 Å². The second-order valence-electron chi connectivity index (χ2n) is 5.83. The Morgan fingerprint density at radius 3 is 2.36 bits per heavy atom. The summed E-state index contributed by atoms with van der Waals surface area (Å²) < 4.78 is 1.76. The average molecular weight is 335 g/mol. The first kappa shape index (κ1) is 16.9. The molecule has 3 rings (SSSR count). The van der Waals surface area contributed by atoms with Gasteiger partial charge in [-0.1, -0.05) is 48.5 Å². The standard InChI is InChI=1S/C20H21N3O2/c1-16-19(14-21-23(16)18-10-6-3-7-11-18)20(25)22(12-13-24)15-17-8-4-2-5-9-17/h2-11,14,24H,12-13,15H2,1H3. The lowest BCUT2D eigenvalue weighted by Gasteiger charge is -2.21. The van der Waals surface area contributed by atoms with E-state index < -0.39 is 0 Å². The van der Waals surface area contributed by atoms with Crippen molar-refractivity contribution in [3.8, 4) is 5.69 Å². The van der Waals surface area contributed by atoms with E-state index in [1.54, 1.807) is 15.8 Å². The first-order valence-corrected chi connectivity index (χ1v) is 8.25. The van der Waals surface area contributed by atoms with Crippen molar-refractivity contribution in [3.63, 3.8) is 0 Å². The minimum atomic E-state index is -0.127. The number of hydrogen-bond donors (Lipinski definition) is 1. The van der Waals surface area contributed by atoms with Crippen molar-refractivity contribution in [2.45, 2.75) is 13.5 Å². The Hall–Kier alpha value is -2.92. The molecule has 1 N–H and O–H groups in total. The van der Waals surface area contributed by atoms with Gasteiger partial charge < -0.3 is 10.0 Å². The Kier molecular flexibility index (Phi) is 5.26. The average Bonchev–Trinajstić information content (AvgIpc) is 3.04. The number of para-hydroxylation sites is 1. The lowest BCUT2D eigenvalue weighted by Crippen LogP contribution is -2.33. The first-order chi connectivity index (χ1) is 12.2. The lowest BCUT2D eigenvalue weighted by atomic mass is 10.1. The molecule has 0 radical (unpaired) electrons. The van der Waals surface area contributed by atoms with Gasteiger partial charge in [-0.05, 0) is 24.6 Å². The Morgan fingerprint density at radius 1 is 1.08 bits per heavy atom. The normalized spacial score (nSPS) is 10.6. The molecule has 0 spiro atoms. The molecule has 0 saturated carbocycles. The summed E-state index contributed by atoms with van der Waals surface area (Å²) >= 11 is 0. The van der Waals surface area contributed by atoms with E-state index in [1.807, 2.05) is 67.6 Å². The van der Waals surface area contributed by atoms with Crippen LogP contribution < -0.4 is 0 Å². The van der Waals surface area contributed by atoms with Crippen molar-refractivity contribution >= 4 is 5.91 Å². The van der Waals surface area contributed by atoms with Crippen LogP contribution in [0.15, 0.2) is 66.9 Å². The molecule has 0 aliphatic rings. The number of carbonyl (C=O) groups is 1. The zero-order chi connectivity index (χ0) is 17.6. The quantitative estimate of drug-likeness (QED) is 0.753. The number of aromatic nitrogens is 2. The molecule has 0 fully saturated rings. The summed E-state index contributed by atoms with van der Waals surface area (Å²) in [5.41, 5.74) is 3.27. The highest BCUT2D eigenvalue weighted by Crippen LogP contribution is 2.17. The predicted molar refractivity (Wildman–Crippen MR) is 96.6 cm³/mol. The largest absolute Gasteiger partial charge is 0.395 e. The van der Waals surface area contributed by atoms with Gasteiger partial charge in [0.2, 0.25) is 0 Å². The Morgan fingerprint density at radius 2 is 1.72 bits per heavy atom. The summed E-state index contributed by atoms with van der Waals surface area (Å²) in [4.78, 5) is 14.6.